The zero-order valence-corrected chi connectivity index (χ0v) is 19.5. The lowest BCUT2D eigenvalue weighted by Gasteiger charge is -2.33. The van der Waals surface area contributed by atoms with Crippen molar-refractivity contribution in [2.45, 2.75) is 26.4 Å². The first-order chi connectivity index (χ1) is 14.0. The van der Waals surface area contributed by atoms with Crippen LogP contribution in [0.5, 0.6) is 0 Å². The van der Waals surface area contributed by atoms with E-state index in [0.717, 1.165) is 22.5 Å². The van der Waals surface area contributed by atoms with E-state index < -0.39 is 6.04 Å². The van der Waals surface area contributed by atoms with Crippen molar-refractivity contribution in [2.24, 2.45) is 0 Å². The van der Waals surface area contributed by atoms with E-state index in [9.17, 15) is 9.59 Å². The molecule has 7 heteroatoms. The predicted octanol–water partition coefficient (Wildman–Crippen LogP) is 0.975. The van der Waals surface area contributed by atoms with Crippen molar-refractivity contribution in [1.82, 2.24) is 0 Å². The molecule has 3 aromatic rings. The number of fused-ring (bicyclic) bond motifs is 1. The third kappa shape index (κ3) is 4.06. The van der Waals surface area contributed by atoms with Crippen LogP contribution in [0.1, 0.15) is 22.9 Å². The number of halogens is 2. The molecule has 2 amide bonds. The van der Waals surface area contributed by atoms with Crippen LogP contribution in [0.2, 0.25) is 5.02 Å². The highest BCUT2D eigenvalue weighted by atomic mass is 127. The molecule has 1 atom stereocenters. The van der Waals surface area contributed by atoms with Gasteiger partial charge in [-0.15, -0.1) is 0 Å². The van der Waals surface area contributed by atoms with Gasteiger partial charge in [-0.3, -0.25) is 14.5 Å². The van der Waals surface area contributed by atoms with E-state index >= 15 is 0 Å². The highest BCUT2D eigenvalue weighted by Gasteiger charge is 2.44. The van der Waals surface area contributed by atoms with E-state index in [1.54, 1.807) is 17.0 Å². The summed E-state index contributed by atoms with van der Waals surface area (Å²) >= 11 is 6.32. The lowest BCUT2D eigenvalue weighted by molar-refractivity contribution is -0.695. The molecule has 0 saturated heterocycles. The number of hydrogen-bond donors (Lipinski definition) is 1. The number of carbonyl (C=O) groups is 2. The van der Waals surface area contributed by atoms with Crippen LogP contribution in [0.25, 0.3) is 0 Å². The summed E-state index contributed by atoms with van der Waals surface area (Å²) in [6.07, 6.45) is 1.82. The van der Waals surface area contributed by atoms with Crippen molar-refractivity contribution in [1.29, 1.82) is 0 Å². The SMILES string of the molecule is Cc1ccccc1NC(=O)C1c2cccc[n+]2CC(=O)N1c1cccc(Cl)c1C.[I-]. The Morgan fingerprint density at radius 1 is 1.07 bits per heavy atom. The van der Waals surface area contributed by atoms with Crippen LogP contribution in [0.4, 0.5) is 11.4 Å². The molecule has 0 bridgehead atoms. The van der Waals surface area contributed by atoms with Crippen molar-refractivity contribution in [3.05, 3.63) is 88.7 Å². The maximum atomic E-state index is 13.5. The molecule has 2 aromatic carbocycles. The Balaban J connectivity index is 0.00000256. The van der Waals surface area contributed by atoms with E-state index in [-0.39, 0.29) is 42.3 Å². The maximum Gasteiger partial charge on any atom is 0.294 e. The molecule has 4 rings (SSSR count). The number of amides is 2. The van der Waals surface area contributed by atoms with Gasteiger partial charge in [-0.05, 0) is 43.2 Å². The van der Waals surface area contributed by atoms with Gasteiger partial charge in [0.1, 0.15) is 0 Å². The Labute approximate surface area is 197 Å². The Morgan fingerprint density at radius 3 is 2.57 bits per heavy atom. The van der Waals surface area contributed by atoms with Crippen molar-refractivity contribution in [2.75, 3.05) is 10.2 Å². The molecule has 0 fully saturated rings. The summed E-state index contributed by atoms with van der Waals surface area (Å²) < 4.78 is 1.82. The van der Waals surface area contributed by atoms with Gasteiger partial charge in [-0.25, -0.2) is 0 Å². The quantitative estimate of drug-likeness (QED) is 0.403. The van der Waals surface area contributed by atoms with Crippen LogP contribution in [0.3, 0.4) is 0 Å². The minimum atomic E-state index is -0.811. The molecule has 30 heavy (non-hydrogen) atoms. The van der Waals surface area contributed by atoms with Crippen molar-refractivity contribution < 1.29 is 38.1 Å². The summed E-state index contributed by atoms with van der Waals surface area (Å²) in [5, 5.41) is 3.55. The molecular weight excluding hydrogens is 513 g/mol. The normalized spacial score (nSPS) is 15.2. The number of carbonyl (C=O) groups excluding carboxylic acids is 2. The Hall–Kier alpha value is -2.45. The number of hydrogen-bond acceptors (Lipinski definition) is 2. The first kappa shape index (κ1) is 22.2. The fraction of sp³-hybridized carbons (Fsp3) is 0.174. The summed E-state index contributed by atoms with van der Waals surface area (Å²) in [7, 11) is 0. The molecule has 1 unspecified atom stereocenters. The van der Waals surface area contributed by atoms with Gasteiger partial charge < -0.3 is 29.3 Å². The van der Waals surface area contributed by atoms with Crippen LogP contribution in [0, 0.1) is 13.8 Å². The summed E-state index contributed by atoms with van der Waals surface area (Å²) in [5.74, 6) is -0.435. The molecular formula is C23H21ClIN3O2. The Bertz CT molecular complexity index is 1120. The van der Waals surface area contributed by atoms with Gasteiger partial charge in [-0.1, -0.05) is 41.9 Å². The molecule has 0 saturated carbocycles. The number of aromatic nitrogens is 1. The maximum absolute atomic E-state index is 13.5. The molecule has 1 aliphatic heterocycles. The fourth-order valence-corrected chi connectivity index (χ4v) is 3.85. The summed E-state index contributed by atoms with van der Waals surface area (Å²) in [6, 6.07) is 17.8. The topological polar surface area (TPSA) is 53.3 Å². The molecule has 1 N–H and O–H groups in total. The van der Waals surface area contributed by atoms with Crippen molar-refractivity contribution in [3.63, 3.8) is 0 Å². The van der Waals surface area contributed by atoms with E-state index in [4.69, 9.17) is 11.6 Å². The standard InChI is InChI=1S/C23H20ClN3O2.HI/c1-15-8-3-4-10-18(15)25-23(29)22-20-11-5-6-13-26(20)14-21(28)27(22)19-12-7-9-17(24)16(19)2;/h3-13,22H,14H2,1-2H3;1H. The number of anilines is 2. The number of rotatable bonds is 3. The summed E-state index contributed by atoms with van der Waals surface area (Å²) in [4.78, 5) is 28.2. The van der Waals surface area contributed by atoms with Crippen LogP contribution in [-0.2, 0) is 16.1 Å². The molecule has 0 spiro atoms. The lowest BCUT2D eigenvalue weighted by Crippen LogP contribution is -3.00. The van der Waals surface area contributed by atoms with E-state index in [2.05, 4.69) is 5.32 Å². The van der Waals surface area contributed by atoms with Gasteiger partial charge >= 0.3 is 0 Å². The van der Waals surface area contributed by atoms with E-state index in [1.807, 2.05) is 73.1 Å². The molecule has 1 aliphatic rings. The molecule has 0 radical (unpaired) electrons. The number of nitrogens with one attached hydrogen (secondary N) is 1. The second-order valence-electron chi connectivity index (χ2n) is 7.11. The number of benzene rings is 2. The minimum absolute atomic E-state index is 0. The average molecular weight is 534 g/mol. The number of para-hydroxylation sites is 1. The lowest BCUT2D eigenvalue weighted by atomic mass is 10.0. The second-order valence-corrected chi connectivity index (χ2v) is 7.52. The van der Waals surface area contributed by atoms with Crippen LogP contribution in [0.15, 0.2) is 66.9 Å². The summed E-state index contributed by atoms with van der Waals surface area (Å²) in [6.45, 7) is 3.95. The van der Waals surface area contributed by atoms with Crippen LogP contribution < -0.4 is 38.8 Å². The molecule has 1 aromatic heterocycles. The highest BCUT2D eigenvalue weighted by molar-refractivity contribution is 6.31. The zero-order valence-electron chi connectivity index (χ0n) is 16.6. The second kappa shape index (κ2) is 9.14. The predicted molar refractivity (Wildman–Crippen MR) is 113 cm³/mol. The first-order valence-corrected chi connectivity index (χ1v) is 9.77. The molecule has 0 aliphatic carbocycles. The Kier molecular flexibility index (Phi) is 6.77. The fourth-order valence-electron chi connectivity index (χ4n) is 3.68. The van der Waals surface area contributed by atoms with E-state index in [0.29, 0.717) is 10.7 Å². The molecule has 5 nitrogen and oxygen atoms in total. The molecule has 154 valence electrons. The third-order valence-corrected chi connectivity index (χ3v) is 5.65. The van der Waals surface area contributed by atoms with Crippen molar-refractivity contribution in [3.8, 4) is 0 Å². The number of nitrogens with zero attached hydrogens (tertiary/aromatic N) is 2. The van der Waals surface area contributed by atoms with Gasteiger partial charge in [-0.2, -0.15) is 4.57 Å². The van der Waals surface area contributed by atoms with Gasteiger partial charge in [0.15, 0.2) is 6.20 Å². The van der Waals surface area contributed by atoms with Crippen molar-refractivity contribution >= 4 is 34.8 Å². The summed E-state index contributed by atoms with van der Waals surface area (Å²) in [5.41, 5.74) is 3.83. The van der Waals surface area contributed by atoms with Gasteiger partial charge in [0.2, 0.25) is 18.3 Å². The van der Waals surface area contributed by atoms with Crippen LogP contribution in [-0.4, -0.2) is 11.8 Å². The average Bonchev–Trinajstić information content (AvgIpc) is 2.71. The van der Waals surface area contributed by atoms with Gasteiger partial charge in [0.25, 0.3) is 11.8 Å². The van der Waals surface area contributed by atoms with Gasteiger partial charge in [0.05, 0.1) is 0 Å². The Morgan fingerprint density at radius 2 is 1.80 bits per heavy atom. The molecule has 2 heterocycles. The van der Waals surface area contributed by atoms with E-state index in [1.165, 1.54) is 0 Å². The van der Waals surface area contributed by atoms with Gasteiger partial charge in [0, 0.05) is 28.5 Å². The zero-order chi connectivity index (χ0) is 20.5. The first-order valence-electron chi connectivity index (χ1n) is 9.39. The monoisotopic (exact) mass is 533 g/mol. The minimum Gasteiger partial charge on any atom is -1.00 e. The van der Waals surface area contributed by atoms with Crippen LogP contribution >= 0.6 is 11.6 Å². The number of pyridine rings is 1. The third-order valence-electron chi connectivity index (χ3n) is 5.24. The highest BCUT2D eigenvalue weighted by Crippen LogP contribution is 2.34. The largest absolute Gasteiger partial charge is 1.00 e. The number of aryl methyl sites for hydroxylation is 1. The smallest absolute Gasteiger partial charge is 0.294 e.